The fraction of sp³-hybridized carbons (Fsp3) is 0.517. The predicted molar refractivity (Wildman–Crippen MR) is 143 cm³/mol. The summed E-state index contributed by atoms with van der Waals surface area (Å²) < 4.78 is 20.3. The molecule has 0 radical (unpaired) electrons. The van der Waals surface area contributed by atoms with Gasteiger partial charge in [0.05, 0.1) is 30.2 Å². The van der Waals surface area contributed by atoms with Crippen LogP contribution in [0.3, 0.4) is 0 Å². The summed E-state index contributed by atoms with van der Waals surface area (Å²) in [5.74, 6) is -1.23. The van der Waals surface area contributed by atoms with E-state index in [-0.39, 0.29) is 30.1 Å². The number of para-hydroxylation sites is 1. The SMILES string of the molecule is CCC1(C)CC(=O)N(C(c2cncc(F)c2)C2CC2C(=O)NC2c3ccccc3OC(C)(C)C2(C)O)C(N)=N1. The number of fused-ring (bicyclic) bond motifs is 1. The zero-order valence-corrected chi connectivity index (χ0v) is 22.9. The first kappa shape index (κ1) is 27.1. The van der Waals surface area contributed by atoms with Crippen LogP contribution >= 0.6 is 0 Å². The molecular formula is C29H36FN5O4. The molecule has 4 N–H and O–H groups in total. The van der Waals surface area contributed by atoms with Crippen molar-refractivity contribution in [2.24, 2.45) is 22.6 Å². The molecule has 6 atom stereocenters. The van der Waals surface area contributed by atoms with Crippen molar-refractivity contribution in [3.05, 3.63) is 59.7 Å². The van der Waals surface area contributed by atoms with Crippen molar-refractivity contribution < 1.29 is 23.8 Å². The van der Waals surface area contributed by atoms with Gasteiger partial charge >= 0.3 is 0 Å². The monoisotopic (exact) mass is 537 g/mol. The van der Waals surface area contributed by atoms with Gasteiger partial charge in [0.15, 0.2) is 5.96 Å². The maximum Gasteiger partial charge on any atom is 0.232 e. The fourth-order valence-corrected chi connectivity index (χ4v) is 5.76. The van der Waals surface area contributed by atoms with E-state index < -0.39 is 40.6 Å². The molecule has 0 bridgehead atoms. The fourth-order valence-electron chi connectivity index (χ4n) is 5.76. The molecule has 5 rings (SSSR count). The van der Waals surface area contributed by atoms with E-state index in [9.17, 15) is 19.1 Å². The molecule has 39 heavy (non-hydrogen) atoms. The first-order valence-corrected chi connectivity index (χ1v) is 13.4. The number of hydrogen-bond acceptors (Lipinski definition) is 7. The van der Waals surface area contributed by atoms with E-state index in [1.54, 1.807) is 20.8 Å². The zero-order chi connectivity index (χ0) is 28.3. The van der Waals surface area contributed by atoms with Crippen LogP contribution in [-0.2, 0) is 9.59 Å². The van der Waals surface area contributed by atoms with E-state index in [2.05, 4.69) is 15.3 Å². The molecule has 6 unspecified atom stereocenters. The number of rotatable bonds is 6. The van der Waals surface area contributed by atoms with Crippen LogP contribution < -0.4 is 15.8 Å². The summed E-state index contributed by atoms with van der Waals surface area (Å²) in [6.07, 6.45) is 3.83. The number of halogens is 1. The summed E-state index contributed by atoms with van der Waals surface area (Å²) in [6, 6.07) is 7.19. The molecule has 1 fully saturated rings. The highest BCUT2D eigenvalue weighted by Gasteiger charge is 2.57. The van der Waals surface area contributed by atoms with Crippen LogP contribution in [0.1, 0.15) is 77.1 Å². The van der Waals surface area contributed by atoms with E-state index in [0.717, 1.165) is 6.20 Å². The van der Waals surface area contributed by atoms with E-state index in [1.807, 2.05) is 38.1 Å². The molecular weight excluding hydrogens is 501 g/mol. The lowest BCUT2D eigenvalue weighted by Crippen LogP contribution is -2.62. The Balaban J connectivity index is 1.45. The van der Waals surface area contributed by atoms with Gasteiger partial charge in [0.1, 0.15) is 22.8 Å². The Hall–Kier alpha value is -3.53. The van der Waals surface area contributed by atoms with E-state index in [1.165, 1.54) is 17.2 Å². The summed E-state index contributed by atoms with van der Waals surface area (Å²) in [6.45, 7) is 9.03. The van der Waals surface area contributed by atoms with Gasteiger partial charge in [0, 0.05) is 17.7 Å². The summed E-state index contributed by atoms with van der Waals surface area (Å²) in [4.78, 5) is 37.1. The number of nitrogens with two attached hydrogens (primary N) is 1. The van der Waals surface area contributed by atoms with Crippen LogP contribution in [-0.4, -0.2) is 49.5 Å². The highest BCUT2D eigenvalue weighted by atomic mass is 19.1. The number of hydrogen-bond donors (Lipinski definition) is 3. The van der Waals surface area contributed by atoms with Crippen LogP contribution in [0.25, 0.3) is 0 Å². The average Bonchev–Trinajstić information content (AvgIpc) is 3.64. The standard InChI is InChI=1S/C29H36FN5O4/c1-6-28(4)13-22(36)35(26(31)34-28)23(16-11-17(30)15-32-14-16)19-12-20(19)25(37)33-24-18-9-7-8-10-21(18)39-27(2,3)29(24,5)38/h7-11,14-15,19-20,23-24,38H,6,12-13H2,1-5H3,(H2,31,34)(H,33,37). The minimum atomic E-state index is -1.42. The number of nitrogens with zero attached hydrogens (tertiary/aromatic N) is 3. The second kappa shape index (κ2) is 9.29. The largest absolute Gasteiger partial charge is 0.484 e. The molecule has 0 spiro atoms. The maximum atomic E-state index is 14.3. The maximum absolute atomic E-state index is 14.3. The van der Waals surface area contributed by atoms with Crippen molar-refractivity contribution >= 4 is 17.8 Å². The Morgan fingerprint density at radius 3 is 2.67 bits per heavy atom. The third-order valence-corrected chi connectivity index (χ3v) is 8.78. The Bertz CT molecular complexity index is 1340. The predicted octanol–water partition coefficient (Wildman–Crippen LogP) is 3.39. The molecule has 0 saturated heterocycles. The highest BCUT2D eigenvalue weighted by Crippen LogP contribution is 2.52. The Morgan fingerprint density at radius 2 is 2.00 bits per heavy atom. The normalized spacial score (nSPS) is 32.0. The van der Waals surface area contributed by atoms with E-state index in [0.29, 0.717) is 29.7 Å². The summed E-state index contributed by atoms with van der Waals surface area (Å²) >= 11 is 0. The van der Waals surface area contributed by atoms with Gasteiger partial charge in [-0.05, 0) is 64.2 Å². The lowest BCUT2D eigenvalue weighted by molar-refractivity contribution is -0.148. The lowest BCUT2D eigenvalue weighted by atomic mass is 9.75. The number of amides is 2. The zero-order valence-electron chi connectivity index (χ0n) is 22.9. The first-order chi connectivity index (χ1) is 18.3. The van der Waals surface area contributed by atoms with E-state index in [4.69, 9.17) is 10.5 Å². The Morgan fingerprint density at radius 1 is 1.28 bits per heavy atom. The third-order valence-electron chi connectivity index (χ3n) is 8.78. The number of carbonyl (C=O) groups is 2. The van der Waals surface area contributed by atoms with Crippen LogP contribution in [0.2, 0.25) is 0 Å². The van der Waals surface area contributed by atoms with Gasteiger partial charge in [0.2, 0.25) is 11.8 Å². The van der Waals surface area contributed by atoms with Crippen molar-refractivity contribution in [3.63, 3.8) is 0 Å². The van der Waals surface area contributed by atoms with Crippen molar-refractivity contribution in [2.75, 3.05) is 0 Å². The molecule has 2 amide bonds. The number of aliphatic hydroxyl groups is 1. The topological polar surface area (TPSA) is 130 Å². The van der Waals surface area contributed by atoms with Crippen LogP contribution in [0, 0.1) is 17.7 Å². The number of pyridine rings is 1. The first-order valence-electron chi connectivity index (χ1n) is 13.4. The molecule has 10 heteroatoms. The lowest BCUT2D eigenvalue weighted by Gasteiger charge is -2.49. The number of ether oxygens (including phenoxy) is 1. The van der Waals surface area contributed by atoms with Gasteiger partial charge < -0.3 is 20.9 Å². The summed E-state index contributed by atoms with van der Waals surface area (Å²) in [5, 5.41) is 14.6. The van der Waals surface area contributed by atoms with Gasteiger partial charge in [-0.3, -0.25) is 19.5 Å². The van der Waals surface area contributed by atoms with Crippen LogP contribution in [0.15, 0.2) is 47.7 Å². The van der Waals surface area contributed by atoms with Crippen molar-refractivity contribution in [1.29, 1.82) is 0 Å². The number of carbonyl (C=O) groups excluding carboxylic acids is 2. The van der Waals surface area contributed by atoms with Gasteiger partial charge in [-0.2, -0.15) is 0 Å². The minimum Gasteiger partial charge on any atom is -0.484 e. The quantitative estimate of drug-likeness (QED) is 0.518. The molecule has 2 aromatic rings. The van der Waals surface area contributed by atoms with Crippen LogP contribution in [0.5, 0.6) is 5.75 Å². The Labute approximate surface area is 227 Å². The van der Waals surface area contributed by atoms with E-state index >= 15 is 0 Å². The minimum absolute atomic E-state index is 0.0546. The molecule has 208 valence electrons. The molecule has 3 heterocycles. The molecule has 3 aliphatic rings. The second-order valence-corrected chi connectivity index (χ2v) is 11.9. The smallest absolute Gasteiger partial charge is 0.232 e. The van der Waals surface area contributed by atoms with Crippen LogP contribution in [0.4, 0.5) is 4.39 Å². The van der Waals surface area contributed by atoms with Gasteiger partial charge in [-0.25, -0.2) is 9.38 Å². The summed E-state index contributed by atoms with van der Waals surface area (Å²) in [5.41, 5.74) is 4.47. The molecule has 9 nitrogen and oxygen atoms in total. The summed E-state index contributed by atoms with van der Waals surface area (Å²) in [7, 11) is 0. The van der Waals surface area contributed by atoms with Crippen molar-refractivity contribution in [2.45, 2.75) is 82.7 Å². The van der Waals surface area contributed by atoms with Crippen molar-refractivity contribution in [1.82, 2.24) is 15.2 Å². The number of aromatic nitrogens is 1. The second-order valence-electron chi connectivity index (χ2n) is 11.9. The third kappa shape index (κ3) is 4.64. The number of benzene rings is 1. The van der Waals surface area contributed by atoms with Crippen molar-refractivity contribution in [3.8, 4) is 5.75 Å². The number of nitrogens with one attached hydrogen (secondary N) is 1. The highest BCUT2D eigenvalue weighted by molar-refractivity contribution is 5.99. The number of guanidine groups is 1. The molecule has 1 aromatic heterocycles. The molecule has 1 aromatic carbocycles. The van der Waals surface area contributed by atoms with Gasteiger partial charge in [0.25, 0.3) is 0 Å². The molecule has 1 saturated carbocycles. The number of aliphatic imine (C=N–C) groups is 1. The Kier molecular flexibility index (Phi) is 6.44. The average molecular weight is 538 g/mol. The van der Waals surface area contributed by atoms with Gasteiger partial charge in [-0.15, -0.1) is 0 Å². The molecule has 1 aliphatic carbocycles. The molecule has 2 aliphatic heterocycles. The van der Waals surface area contributed by atoms with Gasteiger partial charge in [-0.1, -0.05) is 25.1 Å².